The molecular weight excluding hydrogens is 377 g/mol. The third-order valence-corrected chi connectivity index (χ3v) is 4.80. The number of benzene rings is 1. The summed E-state index contributed by atoms with van der Waals surface area (Å²) in [6.45, 7) is -0.120. The maximum atomic E-state index is 14.5. The molecule has 2 aliphatic rings. The van der Waals surface area contributed by atoms with Crippen LogP contribution in [0.3, 0.4) is 0 Å². The number of carbonyl (C=O) groups excluding carboxylic acids is 2. The topological polar surface area (TPSA) is 87.9 Å². The molecule has 1 aliphatic heterocycles. The predicted octanol–water partition coefficient (Wildman–Crippen LogP) is 1.18. The highest BCUT2D eigenvalue weighted by atomic mass is 19.3. The number of hydrogen-bond acceptors (Lipinski definition) is 5. The van der Waals surface area contributed by atoms with Gasteiger partial charge >= 0.3 is 0 Å². The number of halogens is 3. The van der Waals surface area contributed by atoms with E-state index in [9.17, 15) is 22.8 Å². The largest absolute Gasteiger partial charge is 0.370 e. The number of nitrogens with zero attached hydrogens (tertiary/aromatic N) is 2. The second-order valence-corrected chi connectivity index (χ2v) is 6.82. The van der Waals surface area contributed by atoms with Crippen molar-refractivity contribution in [1.82, 2.24) is 4.90 Å². The molecule has 3 rings (SSSR count). The minimum atomic E-state index is -2.59. The third kappa shape index (κ3) is 4.81. The number of alkyl halides is 2. The maximum absolute atomic E-state index is 14.5. The molecule has 1 heterocycles. The van der Waals surface area contributed by atoms with Crippen molar-refractivity contribution in [3.63, 3.8) is 0 Å². The van der Waals surface area contributed by atoms with Crippen LogP contribution < -0.4 is 16.0 Å². The van der Waals surface area contributed by atoms with Gasteiger partial charge in [0.25, 0.3) is 12.3 Å². The summed E-state index contributed by atoms with van der Waals surface area (Å²) in [6.07, 6.45) is -1.13. The van der Waals surface area contributed by atoms with Crippen LogP contribution in [-0.2, 0) is 14.3 Å². The Morgan fingerprint density at radius 3 is 2.71 bits per heavy atom. The van der Waals surface area contributed by atoms with Gasteiger partial charge in [-0.1, -0.05) is 0 Å². The number of nitrogens with two attached hydrogens (primary N) is 1. The Balaban J connectivity index is 1.71. The minimum Gasteiger partial charge on any atom is -0.370 e. The van der Waals surface area contributed by atoms with E-state index in [0.29, 0.717) is 18.8 Å². The first-order valence-electron chi connectivity index (χ1n) is 9.13. The fraction of sp³-hybridized carbons (Fsp3) is 0.556. The lowest BCUT2D eigenvalue weighted by atomic mass is 10.2. The Morgan fingerprint density at radius 1 is 1.39 bits per heavy atom. The molecule has 1 saturated heterocycles. The molecule has 1 aromatic carbocycles. The normalized spacial score (nSPS) is 18.6. The van der Waals surface area contributed by atoms with Gasteiger partial charge in [-0.15, -0.1) is 0 Å². The fourth-order valence-corrected chi connectivity index (χ4v) is 3.27. The summed E-state index contributed by atoms with van der Waals surface area (Å²) in [5.41, 5.74) is 5.91. The summed E-state index contributed by atoms with van der Waals surface area (Å²) in [6, 6.07) is 2.92. The van der Waals surface area contributed by atoms with Crippen molar-refractivity contribution in [3.05, 3.63) is 24.0 Å². The highest BCUT2D eigenvalue weighted by Crippen LogP contribution is 2.30. The number of hydrogen-bond donors (Lipinski definition) is 2. The summed E-state index contributed by atoms with van der Waals surface area (Å²) in [5, 5.41) is 2.43. The van der Waals surface area contributed by atoms with E-state index < -0.39 is 30.7 Å². The van der Waals surface area contributed by atoms with Crippen LogP contribution in [0.1, 0.15) is 12.8 Å². The highest BCUT2D eigenvalue weighted by molar-refractivity contribution is 5.97. The van der Waals surface area contributed by atoms with Crippen molar-refractivity contribution in [2.24, 2.45) is 5.73 Å². The first kappa shape index (κ1) is 20.6. The maximum Gasteiger partial charge on any atom is 0.253 e. The quantitative estimate of drug-likeness (QED) is 0.684. The number of carbonyl (C=O) groups is 2. The summed E-state index contributed by atoms with van der Waals surface area (Å²) < 4.78 is 45.3. The predicted molar refractivity (Wildman–Crippen MR) is 96.8 cm³/mol. The van der Waals surface area contributed by atoms with Crippen LogP contribution in [0.15, 0.2) is 18.2 Å². The van der Waals surface area contributed by atoms with Gasteiger partial charge in [-0.25, -0.2) is 13.2 Å². The molecule has 0 radical (unpaired) electrons. The Morgan fingerprint density at radius 2 is 2.14 bits per heavy atom. The number of rotatable bonds is 8. The van der Waals surface area contributed by atoms with Crippen LogP contribution in [0, 0.1) is 5.82 Å². The third-order valence-electron chi connectivity index (χ3n) is 4.80. The van der Waals surface area contributed by atoms with Crippen LogP contribution in [0.4, 0.5) is 24.5 Å². The van der Waals surface area contributed by atoms with Crippen LogP contribution in [0.25, 0.3) is 0 Å². The van der Waals surface area contributed by atoms with Crippen molar-refractivity contribution in [2.75, 3.05) is 43.1 Å². The molecule has 10 heteroatoms. The van der Waals surface area contributed by atoms with Gasteiger partial charge in [0.15, 0.2) is 0 Å². The molecular formula is C18H23F3N4O3. The van der Waals surface area contributed by atoms with Crippen LogP contribution >= 0.6 is 0 Å². The van der Waals surface area contributed by atoms with Crippen molar-refractivity contribution in [3.8, 4) is 0 Å². The molecule has 0 aromatic heterocycles. The monoisotopic (exact) mass is 400 g/mol. The lowest BCUT2D eigenvalue weighted by Crippen LogP contribution is -2.51. The van der Waals surface area contributed by atoms with Crippen molar-refractivity contribution in [1.29, 1.82) is 0 Å². The van der Waals surface area contributed by atoms with Crippen molar-refractivity contribution in [2.45, 2.75) is 31.4 Å². The molecule has 1 aliphatic carbocycles. The lowest BCUT2D eigenvalue weighted by molar-refractivity contribution is -0.125. The van der Waals surface area contributed by atoms with E-state index in [-0.39, 0.29) is 30.8 Å². The van der Waals surface area contributed by atoms with Crippen molar-refractivity contribution >= 4 is 23.2 Å². The van der Waals surface area contributed by atoms with Gasteiger partial charge in [0.1, 0.15) is 18.5 Å². The summed E-state index contributed by atoms with van der Waals surface area (Å²) in [7, 11) is 0. The zero-order valence-electron chi connectivity index (χ0n) is 15.2. The summed E-state index contributed by atoms with van der Waals surface area (Å²) >= 11 is 0. The van der Waals surface area contributed by atoms with Gasteiger partial charge in [-0.2, -0.15) is 0 Å². The van der Waals surface area contributed by atoms with Gasteiger partial charge < -0.3 is 20.7 Å². The molecule has 154 valence electrons. The van der Waals surface area contributed by atoms with E-state index in [1.54, 1.807) is 0 Å². The minimum absolute atomic E-state index is 0.0700. The molecule has 1 saturated carbocycles. The van der Waals surface area contributed by atoms with Gasteiger partial charge in [-0.3, -0.25) is 14.5 Å². The van der Waals surface area contributed by atoms with E-state index in [1.165, 1.54) is 21.9 Å². The fourth-order valence-electron chi connectivity index (χ4n) is 3.27. The summed E-state index contributed by atoms with van der Waals surface area (Å²) in [5.74, 6) is -1.64. The zero-order valence-corrected chi connectivity index (χ0v) is 15.2. The number of anilines is 2. The van der Waals surface area contributed by atoms with Gasteiger partial charge in [-0.05, 0) is 31.0 Å². The molecule has 1 atom stereocenters. The van der Waals surface area contributed by atoms with Crippen LogP contribution in [-0.4, -0.2) is 68.1 Å². The van der Waals surface area contributed by atoms with Gasteiger partial charge in [0.05, 0.1) is 18.8 Å². The molecule has 0 unspecified atom stereocenters. The van der Waals surface area contributed by atoms with Crippen molar-refractivity contribution < 1.29 is 27.5 Å². The van der Waals surface area contributed by atoms with E-state index in [4.69, 9.17) is 10.5 Å². The molecule has 28 heavy (non-hydrogen) atoms. The Labute approximate surface area is 160 Å². The smallest absolute Gasteiger partial charge is 0.253 e. The average Bonchev–Trinajstić information content (AvgIpc) is 3.48. The Bertz CT molecular complexity index is 730. The number of morpholine rings is 1. The molecule has 7 nitrogen and oxygen atoms in total. The van der Waals surface area contributed by atoms with Gasteiger partial charge in [0, 0.05) is 24.8 Å². The molecule has 1 aromatic rings. The first-order chi connectivity index (χ1) is 13.4. The molecule has 3 N–H and O–H groups in total. The van der Waals surface area contributed by atoms with E-state index in [2.05, 4.69) is 5.32 Å². The van der Waals surface area contributed by atoms with Crippen LogP contribution in [0.2, 0.25) is 0 Å². The lowest BCUT2D eigenvalue weighted by Gasteiger charge is -2.30. The Kier molecular flexibility index (Phi) is 6.53. The second-order valence-electron chi connectivity index (χ2n) is 6.82. The van der Waals surface area contributed by atoms with Crippen LogP contribution in [0.5, 0.6) is 0 Å². The first-order valence-corrected chi connectivity index (χ1v) is 9.13. The zero-order chi connectivity index (χ0) is 20.3. The summed E-state index contributed by atoms with van der Waals surface area (Å²) in [4.78, 5) is 27.2. The molecule has 2 amide bonds. The number of nitrogens with one attached hydrogen (secondary N) is 1. The molecule has 0 spiro atoms. The highest BCUT2D eigenvalue weighted by Gasteiger charge is 2.38. The average molecular weight is 400 g/mol. The standard InChI is InChI=1S/C18H23F3N4O3/c19-13-7-12(24-5-6-28-10-17(24)26)3-4-14(13)23-18(27)15(8-22)25(9-16(20)21)11-1-2-11/h3-4,7,11,15-16H,1-2,5-6,8-10,22H2,(H,23,27)/t15-/m1/s1. The second kappa shape index (κ2) is 8.89. The molecule has 2 fully saturated rings. The van der Waals surface area contributed by atoms with E-state index in [0.717, 1.165) is 18.9 Å². The number of ether oxygens (including phenoxy) is 1. The molecule has 0 bridgehead atoms. The van der Waals surface area contributed by atoms with E-state index >= 15 is 0 Å². The number of amides is 2. The van der Waals surface area contributed by atoms with Gasteiger partial charge in [0.2, 0.25) is 5.91 Å². The Hall–Kier alpha value is -2.17. The van der Waals surface area contributed by atoms with E-state index in [1.807, 2.05) is 0 Å². The SMILES string of the molecule is NC[C@H](C(=O)Nc1ccc(N2CCOCC2=O)cc1F)N(CC(F)F)C1CC1.